The van der Waals surface area contributed by atoms with Gasteiger partial charge < -0.3 is 14.0 Å². The van der Waals surface area contributed by atoms with Crippen molar-refractivity contribution in [2.24, 2.45) is 4.99 Å². The molecule has 0 saturated heterocycles. The van der Waals surface area contributed by atoms with Crippen molar-refractivity contribution in [2.75, 3.05) is 13.2 Å². The van der Waals surface area contributed by atoms with Gasteiger partial charge in [-0.1, -0.05) is 23.5 Å². The molecule has 0 spiro atoms. The second-order valence-corrected chi connectivity index (χ2v) is 7.35. The molecule has 0 atom stereocenters. The molecule has 1 aliphatic rings. The quantitative estimate of drug-likeness (QED) is 0.631. The summed E-state index contributed by atoms with van der Waals surface area (Å²) >= 11 is 4.88. The summed E-state index contributed by atoms with van der Waals surface area (Å²) in [5.74, 6) is 1.22. The van der Waals surface area contributed by atoms with E-state index in [1.165, 1.54) is 11.3 Å². The van der Waals surface area contributed by atoms with E-state index < -0.39 is 0 Å². The summed E-state index contributed by atoms with van der Waals surface area (Å²) in [6, 6.07) is 11.2. The maximum absolute atomic E-state index is 12.6. The van der Waals surface area contributed by atoms with Crippen LogP contribution in [-0.4, -0.2) is 23.7 Å². The Labute approximate surface area is 156 Å². The molecule has 0 aliphatic carbocycles. The highest BCUT2D eigenvalue weighted by molar-refractivity contribution is 9.10. The number of aromatic nitrogens is 1. The van der Waals surface area contributed by atoms with Crippen molar-refractivity contribution >= 4 is 43.4 Å². The highest BCUT2D eigenvalue weighted by atomic mass is 79.9. The zero-order chi connectivity index (χ0) is 17.4. The fourth-order valence-corrected chi connectivity index (χ4v) is 4.34. The Bertz CT molecular complexity index is 1040. The molecule has 0 unspecified atom stereocenters. The summed E-state index contributed by atoms with van der Waals surface area (Å²) < 4.78 is 15.1. The first-order valence-electron chi connectivity index (χ1n) is 7.94. The number of rotatable bonds is 2. The molecular formula is C18H15BrN2O3S. The average molecular weight is 419 g/mol. The summed E-state index contributed by atoms with van der Waals surface area (Å²) in [6.45, 7) is 3.84. The van der Waals surface area contributed by atoms with Crippen LogP contribution in [-0.2, 0) is 6.54 Å². The molecule has 1 aliphatic heterocycles. The van der Waals surface area contributed by atoms with Crippen LogP contribution in [0.4, 0.5) is 0 Å². The average Bonchev–Trinajstić information content (AvgIpc) is 2.95. The second kappa shape index (κ2) is 6.65. The molecule has 0 fully saturated rings. The lowest BCUT2D eigenvalue weighted by atomic mass is 10.2. The van der Waals surface area contributed by atoms with Gasteiger partial charge >= 0.3 is 0 Å². The molecule has 3 aromatic rings. The van der Waals surface area contributed by atoms with Crippen LogP contribution in [0.2, 0.25) is 0 Å². The number of carbonyl (C=O) groups excluding carboxylic acids is 1. The van der Waals surface area contributed by atoms with E-state index in [0.29, 0.717) is 30.1 Å². The fraction of sp³-hybridized carbons (Fsp3) is 0.222. The molecule has 0 saturated carbocycles. The number of aryl methyl sites for hydroxylation is 1. The summed E-state index contributed by atoms with van der Waals surface area (Å²) in [5, 5.41) is 0. The van der Waals surface area contributed by atoms with Gasteiger partial charge in [0.25, 0.3) is 5.91 Å². The molecule has 1 amide bonds. The van der Waals surface area contributed by atoms with Gasteiger partial charge in [-0.2, -0.15) is 4.99 Å². The SMILES string of the molecule is CCn1c(=NC(=O)c2ccccc2Br)sc2cc3c(cc21)OCCO3. The Balaban J connectivity index is 1.87. The van der Waals surface area contributed by atoms with Gasteiger partial charge in [0, 0.05) is 23.2 Å². The zero-order valence-corrected chi connectivity index (χ0v) is 15.9. The van der Waals surface area contributed by atoms with Crippen LogP contribution in [0.15, 0.2) is 45.9 Å². The summed E-state index contributed by atoms with van der Waals surface area (Å²) in [4.78, 5) is 17.6. The molecule has 2 heterocycles. The van der Waals surface area contributed by atoms with Crippen LogP contribution in [0, 0.1) is 0 Å². The maximum atomic E-state index is 12.6. The van der Waals surface area contributed by atoms with E-state index in [4.69, 9.17) is 9.47 Å². The highest BCUT2D eigenvalue weighted by Gasteiger charge is 2.16. The van der Waals surface area contributed by atoms with Crippen LogP contribution < -0.4 is 14.3 Å². The first kappa shape index (κ1) is 16.4. The number of fused-ring (bicyclic) bond motifs is 2. The Morgan fingerprint density at radius 3 is 2.68 bits per heavy atom. The van der Waals surface area contributed by atoms with E-state index in [9.17, 15) is 4.79 Å². The Hall–Kier alpha value is -2.12. The van der Waals surface area contributed by atoms with Crippen LogP contribution in [0.1, 0.15) is 17.3 Å². The summed E-state index contributed by atoms with van der Waals surface area (Å²) in [5.41, 5.74) is 1.55. The van der Waals surface area contributed by atoms with Gasteiger partial charge in [-0.3, -0.25) is 4.79 Å². The maximum Gasteiger partial charge on any atom is 0.280 e. The van der Waals surface area contributed by atoms with E-state index in [1.807, 2.05) is 41.8 Å². The van der Waals surface area contributed by atoms with Crippen molar-refractivity contribution in [1.29, 1.82) is 0 Å². The lowest BCUT2D eigenvalue weighted by Gasteiger charge is -2.18. The molecule has 4 rings (SSSR count). The number of benzene rings is 2. The third kappa shape index (κ3) is 2.98. The molecule has 2 aromatic carbocycles. The van der Waals surface area contributed by atoms with Crippen molar-refractivity contribution in [2.45, 2.75) is 13.5 Å². The van der Waals surface area contributed by atoms with Gasteiger partial charge in [-0.25, -0.2) is 0 Å². The van der Waals surface area contributed by atoms with E-state index in [-0.39, 0.29) is 5.91 Å². The van der Waals surface area contributed by atoms with E-state index >= 15 is 0 Å². The first-order chi connectivity index (χ1) is 12.2. The lowest BCUT2D eigenvalue weighted by Crippen LogP contribution is -2.17. The minimum atomic E-state index is -0.265. The van der Waals surface area contributed by atoms with E-state index in [2.05, 4.69) is 20.9 Å². The molecule has 1 aromatic heterocycles. The smallest absolute Gasteiger partial charge is 0.280 e. The van der Waals surface area contributed by atoms with Gasteiger partial charge in [0.15, 0.2) is 16.3 Å². The van der Waals surface area contributed by atoms with Gasteiger partial charge in [-0.15, -0.1) is 0 Å². The van der Waals surface area contributed by atoms with Gasteiger partial charge in [0.2, 0.25) is 0 Å². The van der Waals surface area contributed by atoms with Crippen molar-refractivity contribution < 1.29 is 14.3 Å². The Morgan fingerprint density at radius 2 is 1.96 bits per heavy atom. The van der Waals surface area contributed by atoms with Crippen molar-refractivity contribution in [3.63, 3.8) is 0 Å². The first-order valence-corrected chi connectivity index (χ1v) is 9.55. The van der Waals surface area contributed by atoms with Gasteiger partial charge in [0.1, 0.15) is 13.2 Å². The normalized spacial score (nSPS) is 14.1. The van der Waals surface area contributed by atoms with Gasteiger partial charge in [0.05, 0.1) is 15.8 Å². The summed E-state index contributed by atoms with van der Waals surface area (Å²) in [7, 11) is 0. The number of ether oxygens (including phenoxy) is 2. The fourth-order valence-electron chi connectivity index (χ4n) is 2.78. The predicted octanol–water partition coefficient (Wildman–Crippen LogP) is 4.00. The van der Waals surface area contributed by atoms with Crippen molar-refractivity contribution in [3.8, 4) is 11.5 Å². The number of hydrogen-bond acceptors (Lipinski definition) is 4. The topological polar surface area (TPSA) is 52.8 Å². The van der Waals surface area contributed by atoms with Crippen LogP contribution in [0.25, 0.3) is 10.2 Å². The van der Waals surface area contributed by atoms with Crippen LogP contribution in [0.5, 0.6) is 11.5 Å². The Morgan fingerprint density at radius 1 is 1.24 bits per heavy atom. The number of thiazole rings is 1. The predicted molar refractivity (Wildman–Crippen MR) is 101 cm³/mol. The molecule has 0 radical (unpaired) electrons. The largest absolute Gasteiger partial charge is 0.486 e. The summed E-state index contributed by atoms with van der Waals surface area (Å²) in [6.07, 6.45) is 0. The minimum Gasteiger partial charge on any atom is -0.486 e. The highest BCUT2D eigenvalue weighted by Crippen LogP contribution is 2.35. The molecule has 128 valence electrons. The van der Waals surface area contributed by atoms with E-state index in [1.54, 1.807) is 6.07 Å². The standard InChI is InChI=1S/C18H15BrN2O3S/c1-2-21-13-9-14-15(24-8-7-23-14)10-16(13)25-18(21)20-17(22)11-5-3-4-6-12(11)19/h3-6,9-10H,2,7-8H2,1H3. The second-order valence-electron chi connectivity index (χ2n) is 5.49. The number of halogens is 1. The monoisotopic (exact) mass is 418 g/mol. The van der Waals surface area contributed by atoms with Crippen LogP contribution >= 0.6 is 27.3 Å². The molecule has 0 bridgehead atoms. The number of hydrogen-bond donors (Lipinski definition) is 0. The molecule has 5 nitrogen and oxygen atoms in total. The number of nitrogens with zero attached hydrogens (tertiary/aromatic N) is 2. The third-order valence-corrected chi connectivity index (χ3v) is 5.70. The molecule has 0 N–H and O–H groups in total. The number of amides is 1. The van der Waals surface area contributed by atoms with Gasteiger partial charge in [-0.05, 0) is 35.0 Å². The van der Waals surface area contributed by atoms with Crippen molar-refractivity contribution in [1.82, 2.24) is 4.57 Å². The Kier molecular flexibility index (Phi) is 4.35. The minimum absolute atomic E-state index is 0.265. The van der Waals surface area contributed by atoms with E-state index in [0.717, 1.165) is 26.2 Å². The molecule has 7 heteroatoms. The molecular weight excluding hydrogens is 404 g/mol. The third-order valence-electron chi connectivity index (χ3n) is 3.96. The number of carbonyl (C=O) groups is 1. The zero-order valence-electron chi connectivity index (χ0n) is 13.5. The van der Waals surface area contributed by atoms with Crippen molar-refractivity contribution in [3.05, 3.63) is 51.2 Å². The molecule has 25 heavy (non-hydrogen) atoms. The van der Waals surface area contributed by atoms with Crippen LogP contribution in [0.3, 0.4) is 0 Å². The lowest BCUT2D eigenvalue weighted by molar-refractivity contribution is 0.0997.